The molecule has 0 aromatic heterocycles. The molecule has 6 nitrogen and oxygen atoms in total. The van der Waals surface area contributed by atoms with E-state index in [1.165, 1.54) is 7.05 Å². The van der Waals surface area contributed by atoms with Crippen LogP contribution in [0.15, 0.2) is 30.3 Å². The van der Waals surface area contributed by atoms with Crippen LogP contribution in [0.4, 0.5) is 0 Å². The van der Waals surface area contributed by atoms with Crippen LogP contribution >= 0.6 is 0 Å². The van der Waals surface area contributed by atoms with Gasteiger partial charge < -0.3 is 15.5 Å². The SMILES string of the molecule is CNC(=O)[C@H](C)NC(=O)CN1C[C@@H](c2ccccc2)CC1=O. The van der Waals surface area contributed by atoms with Gasteiger partial charge in [0.1, 0.15) is 6.04 Å². The van der Waals surface area contributed by atoms with Crippen molar-refractivity contribution in [2.24, 2.45) is 0 Å². The van der Waals surface area contributed by atoms with Gasteiger partial charge in [0.15, 0.2) is 0 Å². The molecule has 1 heterocycles. The molecule has 2 atom stereocenters. The molecule has 1 aliphatic rings. The van der Waals surface area contributed by atoms with Crippen LogP contribution in [0.2, 0.25) is 0 Å². The van der Waals surface area contributed by atoms with E-state index in [1.54, 1.807) is 11.8 Å². The highest BCUT2D eigenvalue weighted by atomic mass is 16.2. The zero-order chi connectivity index (χ0) is 16.1. The van der Waals surface area contributed by atoms with Gasteiger partial charge in [0.05, 0.1) is 6.54 Å². The van der Waals surface area contributed by atoms with Crippen molar-refractivity contribution in [2.45, 2.75) is 25.3 Å². The van der Waals surface area contributed by atoms with Crippen LogP contribution in [0.25, 0.3) is 0 Å². The average molecular weight is 303 g/mol. The predicted octanol–water partition coefficient (Wildman–Crippen LogP) is 0.253. The van der Waals surface area contributed by atoms with E-state index in [2.05, 4.69) is 10.6 Å². The highest BCUT2D eigenvalue weighted by molar-refractivity contribution is 5.90. The molecule has 0 unspecified atom stereocenters. The first-order valence-electron chi connectivity index (χ1n) is 7.35. The minimum atomic E-state index is -0.611. The van der Waals surface area contributed by atoms with Crippen molar-refractivity contribution in [3.05, 3.63) is 35.9 Å². The van der Waals surface area contributed by atoms with Crippen LogP contribution in [0.3, 0.4) is 0 Å². The topological polar surface area (TPSA) is 78.5 Å². The Balaban J connectivity index is 1.90. The number of amides is 3. The monoisotopic (exact) mass is 303 g/mol. The molecule has 1 aliphatic heterocycles. The number of carbonyl (C=O) groups is 3. The Hall–Kier alpha value is -2.37. The highest BCUT2D eigenvalue weighted by Gasteiger charge is 2.31. The molecular weight excluding hydrogens is 282 g/mol. The molecule has 118 valence electrons. The van der Waals surface area contributed by atoms with Gasteiger partial charge in [-0.2, -0.15) is 0 Å². The summed E-state index contributed by atoms with van der Waals surface area (Å²) >= 11 is 0. The van der Waals surface area contributed by atoms with Crippen LogP contribution in [-0.2, 0) is 14.4 Å². The van der Waals surface area contributed by atoms with Gasteiger partial charge in [-0.1, -0.05) is 30.3 Å². The molecule has 3 amide bonds. The third-order valence-corrected chi connectivity index (χ3v) is 3.84. The number of hydrogen-bond donors (Lipinski definition) is 2. The summed E-state index contributed by atoms with van der Waals surface area (Å²) in [7, 11) is 1.51. The number of likely N-dealkylation sites (tertiary alicyclic amines) is 1. The maximum absolute atomic E-state index is 12.0. The van der Waals surface area contributed by atoms with E-state index in [0.29, 0.717) is 13.0 Å². The molecule has 0 saturated carbocycles. The van der Waals surface area contributed by atoms with Gasteiger partial charge in [-0.05, 0) is 12.5 Å². The van der Waals surface area contributed by atoms with Crippen molar-refractivity contribution < 1.29 is 14.4 Å². The van der Waals surface area contributed by atoms with Gasteiger partial charge >= 0.3 is 0 Å². The summed E-state index contributed by atoms with van der Waals surface area (Å²) in [5.41, 5.74) is 1.11. The van der Waals surface area contributed by atoms with E-state index < -0.39 is 6.04 Å². The summed E-state index contributed by atoms with van der Waals surface area (Å²) in [6.07, 6.45) is 0.419. The minimum absolute atomic E-state index is 0.0104. The molecule has 0 aliphatic carbocycles. The van der Waals surface area contributed by atoms with Crippen molar-refractivity contribution in [3.63, 3.8) is 0 Å². The van der Waals surface area contributed by atoms with E-state index in [1.807, 2.05) is 30.3 Å². The Morgan fingerprint density at radius 3 is 2.64 bits per heavy atom. The van der Waals surface area contributed by atoms with Crippen molar-refractivity contribution in [1.29, 1.82) is 0 Å². The van der Waals surface area contributed by atoms with Crippen LogP contribution in [0.5, 0.6) is 0 Å². The van der Waals surface area contributed by atoms with E-state index in [-0.39, 0.29) is 30.2 Å². The van der Waals surface area contributed by atoms with Crippen LogP contribution in [-0.4, -0.2) is 48.8 Å². The number of rotatable bonds is 5. The van der Waals surface area contributed by atoms with E-state index in [0.717, 1.165) is 5.56 Å². The lowest BCUT2D eigenvalue weighted by atomic mass is 9.99. The molecule has 0 spiro atoms. The van der Waals surface area contributed by atoms with Gasteiger partial charge in [0, 0.05) is 25.9 Å². The zero-order valence-corrected chi connectivity index (χ0v) is 12.8. The van der Waals surface area contributed by atoms with Gasteiger partial charge in [0.2, 0.25) is 17.7 Å². The van der Waals surface area contributed by atoms with Gasteiger partial charge in [-0.15, -0.1) is 0 Å². The van der Waals surface area contributed by atoms with Gasteiger partial charge in [0.25, 0.3) is 0 Å². The fourth-order valence-electron chi connectivity index (χ4n) is 2.62. The number of benzene rings is 1. The van der Waals surface area contributed by atoms with Crippen molar-refractivity contribution >= 4 is 17.7 Å². The standard InChI is InChI=1S/C16H21N3O3/c1-11(16(22)17-2)18-14(20)10-19-9-13(8-15(19)21)12-6-4-3-5-7-12/h3-7,11,13H,8-10H2,1-2H3,(H,17,22)(H,18,20)/t11-,13-/m0/s1. The Bertz CT molecular complexity index is 559. The lowest BCUT2D eigenvalue weighted by Crippen LogP contribution is -2.47. The van der Waals surface area contributed by atoms with Crippen molar-refractivity contribution in [2.75, 3.05) is 20.1 Å². The lowest BCUT2D eigenvalue weighted by Gasteiger charge is -2.18. The first-order chi connectivity index (χ1) is 10.5. The molecule has 1 saturated heterocycles. The summed E-state index contributed by atoms with van der Waals surface area (Å²) in [6, 6.07) is 9.20. The molecule has 2 N–H and O–H groups in total. The fraction of sp³-hybridized carbons (Fsp3) is 0.438. The number of nitrogens with zero attached hydrogens (tertiary/aromatic N) is 1. The number of hydrogen-bond acceptors (Lipinski definition) is 3. The largest absolute Gasteiger partial charge is 0.357 e. The van der Waals surface area contributed by atoms with Crippen LogP contribution < -0.4 is 10.6 Å². The summed E-state index contributed by atoms with van der Waals surface area (Å²) in [6.45, 7) is 2.13. The molecule has 0 bridgehead atoms. The predicted molar refractivity (Wildman–Crippen MR) is 82.1 cm³/mol. The lowest BCUT2D eigenvalue weighted by molar-refractivity contribution is -0.134. The Morgan fingerprint density at radius 1 is 1.32 bits per heavy atom. The molecule has 1 aromatic rings. The Kier molecular flexibility index (Phi) is 5.14. The first-order valence-corrected chi connectivity index (χ1v) is 7.35. The molecule has 1 fully saturated rings. The number of likely N-dealkylation sites (N-methyl/N-ethyl adjacent to an activating group) is 1. The maximum atomic E-state index is 12.0. The second-order valence-corrected chi connectivity index (χ2v) is 5.49. The quantitative estimate of drug-likeness (QED) is 0.818. The molecule has 1 aromatic carbocycles. The molecule has 6 heteroatoms. The third kappa shape index (κ3) is 3.84. The molecule has 2 rings (SSSR count). The molecule has 22 heavy (non-hydrogen) atoms. The molecular formula is C16H21N3O3. The van der Waals surface area contributed by atoms with Crippen LogP contribution in [0.1, 0.15) is 24.8 Å². The average Bonchev–Trinajstić information content (AvgIpc) is 2.88. The smallest absolute Gasteiger partial charge is 0.242 e. The van der Waals surface area contributed by atoms with E-state index in [4.69, 9.17) is 0 Å². The normalized spacial score (nSPS) is 18.9. The van der Waals surface area contributed by atoms with Crippen LogP contribution in [0, 0.1) is 0 Å². The second kappa shape index (κ2) is 7.06. The summed E-state index contributed by atoms with van der Waals surface area (Å²) < 4.78 is 0. The second-order valence-electron chi connectivity index (χ2n) is 5.49. The fourth-order valence-corrected chi connectivity index (χ4v) is 2.62. The first kappa shape index (κ1) is 16.0. The third-order valence-electron chi connectivity index (χ3n) is 3.84. The number of carbonyl (C=O) groups excluding carboxylic acids is 3. The van der Waals surface area contributed by atoms with Gasteiger partial charge in [-0.25, -0.2) is 0 Å². The van der Waals surface area contributed by atoms with Gasteiger partial charge in [-0.3, -0.25) is 14.4 Å². The summed E-state index contributed by atoms with van der Waals surface area (Å²) in [5, 5.41) is 5.05. The summed E-state index contributed by atoms with van der Waals surface area (Å²) in [4.78, 5) is 36.9. The Morgan fingerprint density at radius 2 is 2.00 bits per heavy atom. The van der Waals surface area contributed by atoms with E-state index in [9.17, 15) is 14.4 Å². The van der Waals surface area contributed by atoms with Crippen molar-refractivity contribution in [3.8, 4) is 0 Å². The zero-order valence-electron chi connectivity index (χ0n) is 12.8. The van der Waals surface area contributed by atoms with E-state index >= 15 is 0 Å². The maximum Gasteiger partial charge on any atom is 0.242 e. The highest BCUT2D eigenvalue weighted by Crippen LogP contribution is 2.27. The Labute approximate surface area is 129 Å². The van der Waals surface area contributed by atoms with Crippen molar-refractivity contribution in [1.82, 2.24) is 15.5 Å². The minimum Gasteiger partial charge on any atom is -0.357 e. The number of nitrogens with one attached hydrogen (secondary N) is 2. The summed E-state index contributed by atoms with van der Waals surface area (Å²) in [5.74, 6) is -0.490. The molecule has 0 radical (unpaired) electrons.